The lowest BCUT2D eigenvalue weighted by atomic mass is 10.1. The molecule has 0 bridgehead atoms. The number of aliphatic imine (C=N–C) groups is 1. The van der Waals surface area contributed by atoms with E-state index < -0.39 is 0 Å². The van der Waals surface area contributed by atoms with Crippen molar-refractivity contribution in [1.29, 1.82) is 0 Å². The van der Waals surface area contributed by atoms with Gasteiger partial charge >= 0.3 is 0 Å². The molecule has 1 aromatic rings. The Bertz CT molecular complexity index is 544. The maximum atomic E-state index is 5.47. The molecule has 0 amide bonds. The van der Waals surface area contributed by atoms with Gasteiger partial charge in [0.05, 0.1) is 19.3 Å². The molecule has 1 heterocycles. The van der Waals surface area contributed by atoms with Crippen LogP contribution in [0, 0.1) is 0 Å². The molecule has 0 spiro atoms. The third kappa shape index (κ3) is 6.84. The molecule has 1 aliphatic heterocycles. The second-order valence-corrected chi connectivity index (χ2v) is 6.61. The van der Waals surface area contributed by atoms with E-state index in [4.69, 9.17) is 9.47 Å². The Morgan fingerprint density at radius 1 is 1.23 bits per heavy atom. The van der Waals surface area contributed by atoms with Gasteiger partial charge in [0.25, 0.3) is 0 Å². The van der Waals surface area contributed by atoms with E-state index in [-0.39, 0.29) is 6.04 Å². The first-order valence-electron chi connectivity index (χ1n) is 9.63. The first-order valence-corrected chi connectivity index (χ1v) is 9.63. The van der Waals surface area contributed by atoms with Crippen LogP contribution in [-0.4, -0.2) is 59.6 Å². The summed E-state index contributed by atoms with van der Waals surface area (Å²) in [5, 5.41) is 6.82. The number of hydrogen-bond acceptors (Lipinski definition) is 4. The van der Waals surface area contributed by atoms with Crippen LogP contribution in [0.25, 0.3) is 0 Å². The van der Waals surface area contributed by atoms with Crippen molar-refractivity contribution >= 4 is 11.6 Å². The molecule has 26 heavy (non-hydrogen) atoms. The second kappa shape index (κ2) is 11.8. The number of methoxy groups -OCH3 is 1. The first-order chi connectivity index (χ1) is 12.7. The molecule has 6 nitrogen and oxygen atoms in total. The first kappa shape index (κ1) is 20.5. The van der Waals surface area contributed by atoms with E-state index in [1.54, 1.807) is 14.2 Å². The summed E-state index contributed by atoms with van der Waals surface area (Å²) in [4.78, 5) is 6.79. The predicted octanol–water partition coefficient (Wildman–Crippen LogP) is 2.57. The lowest BCUT2D eigenvalue weighted by Crippen LogP contribution is -2.39. The van der Waals surface area contributed by atoms with E-state index in [1.165, 1.54) is 37.2 Å². The Kier molecular flexibility index (Phi) is 9.28. The van der Waals surface area contributed by atoms with Crippen molar-refractivity contribution in [3.8, 4) is 0 Å². The highest BCUT2D eigenvalue weighted by molar-refractivity contribution is 5.80. The fourth-order valence-electron chi connectivity index (χ4n) is 3.07. The van der Waals surface area contributed by atoms with Gasteiger partial charge in [0.1, 0.15) is 0 Å². The average Bonchev–Trinajstić information content (AvgIpc) is 3.21. The largest absolute Gasteiger partial charge is 0.382 e. The summed E-state index contributed by atoms with van der Waals surface area (Å²) < 4.78 is 10.4. The highest BCUT2D eigenvalue weighted by Gasteiger charge is 2.14. The average molecular weight is 363 g/mol. The summed E-state index contributed by atoms with van der Waals surface area (Å²) in [6.07, 6.45) is 3.52. The lowest BCUT2D eigenvalue weighted by molar-refractivity contribution is 0.0698. The molecule has 1 unspecified atom stereocenters. The quantitative estimate of drug-likeness (QED) is 0.381. The number of rotatable bonds is 10. The summed E-state index contributed by atoms with van der Waals surface area (Å²) >= 11 is 0. The molecule has 146 valence electrons. The van der Waals surface area contributed by atoms with Crippen molar-refractivity contribution in [3.05, 3.63) is 29.8 Å². The monoisotopic (exact) mass is 362 g/mol. The zero-order valence-electron chi connectivity index (χ0n) is 16.5. The Labute approximate surface area is 158 Å². The second-order valence-electron chi connectivity index (χ2n) is 6.61. The zero-order valence-corrected chi connectivity index (χ0v) is 16.5. The van der Waals surface area contributed by atoms with Gasteiger partial charge in [-0.25, -0.2) is 0 Å². The van der Waals surface area contributed by atoms with Gasteiger partial charge < -0.3 is 25.0 Å². The van der Waals surface area contributed by atoms with Crippen molar-refractivity contribution in [1.82, 2.24) is 10.6 Å². The van der Waals surface area contributed by atoms with Crippen LogP contribution in [0.3, 0.4) is 0 Å². The van der Waals surface area contributed by atoms with E-state index in [0.29, 0.717) is 13.2 Å². The third-order valence-corrected chi connectivity index (χ3v) is 4.61. The van der Waals surface area contributed by atoms with E-state index in [0.717, 1.165) is 25.5 Å². The van der Waals surface area contributed by atoms with Gasteiger partial charge in [0.2, 0.25) is 0 Å². The summed E-state index contributed by atoms with van der Waals surface area (Å²) in [6, 6.07) is 9.02. The number of hydrogen-bond donors (Lipinski definition) is 2. The van der Waals surface area contributed by atoms with Gasteiger partial charge in [-0.2, -0.15) is 0 Å². The highest BCUT2D eigenvalue weighted by atomic mass is 16.5. The van der Waals surface area contributed by atoms with Gasteiger partial charge in [0.15, 0.2) is 5.96 Å². The van der Waals surface area contributed by atoms with Gasteiger partial charge in [0, 0.05) is 46.1 Å². The number of anilines is 1. The predicted molar refractivity (Wildman–Crippen MR) is 108 cm³/mol. The maximum absolute atomic E-state index is 5.47. The van der Waals surface area contributed by atoms with Crippen molar-refractivity contribution in [2.75, 3.05) is 58.5 Å². The summed E-state index contributed by atoms with van der Waals surface area (Å²) in [5.74, 6) is 0.820. The van der Waals surface area contributed by atoms with Crippen molar-refractivity contribution in [3.63, 3.8) is 0 Å². The van der Waals surface area contributed by atoms with Crippen molar-refractivity contribution in [2.24, 2.45) is 4.99 Å². The Balaban J connectivity index is 1.76. The molecule has 0 radical (unpaired) electrons. The van der Waals surface area contributed by atoms with Gasteiger partial charge in [-0.05, 0) is 43.9 Å². The van der Waals surface area contributed by atoms with Crippen LogP contribution in [0.15, 0.2) is 29.3 Å². The normalized spacial score (nSPS) is 16.0. The summed E-state index contributed by atoms with van der Waals surface area (Å²) in [5.41, 5.74) is 2.60. The molecule has 0 saturated carbocycles. The molecule has 6 heteroatoms. The molecular formula is C20H34N4O2. The fourth-order valence-corrected chi connectivity index (χ4v) is 3.07. The Hall–Kier alpha value is -1.79. The smallest absolute Gasteiger partial charge is 0.191 e. The third-order valence-electron chi connectivity index (χ3n) is 4.61. The number of ether oxygens (including phenoxy) is 2. The van der Waals surface area contributed by atoms with E-state index in [1.807, 2.05) is 0 Å². The molecule has 1 aromatic carbocycles. The minimum Gasteiger partial charge on any atom is -0.382 e. The van der Waals surface area contributed by atoms with Crippen LogP contribution in [0.1, 0.15) is 37.8 Å². The highest BCUT2D eigenvalue weighted by Crippen LogP contribution is 2.23. The minimum absolute atomic E-state index is 0.196. The molecule has 2 rings (SSSR count). The zero-order chi connectivity index (χ0) is 18.6. The number of benzene rings is 1. The fraction of sp³-hybridized carbons (Fsp3) is 0.650. The number of nitrogens with one attached hydrogen (secondary N) is 2. The maximum Gasteiger partial charge on any atom is 0.191 e. The SMILES string of the molecule is CN=C(NCCCOCCOC)NC(C)c1cccc(N2CCCC2)c1. The van der Waals surface area contributed by atoms with Crippen LogP contribution >= 0.6 is 0 Å². The van der Waals surface area contributed by atoms with Gasteiger partial charge in [-0.1, -0.05) is 12.1 Å². The summed E-state index contributed by atoms with van der Waals surface area (Å²) in [7, 11) is 3.49. The molecule has 1 aliphatic rings. The van der Waals surface area contributed by atoms with Crippen LogP contribution < -0.4 is 15.5 Å². The van der Waals surface area contributed by atoms with Crippen LogP contribution in [0.4, 0.5) is 5.69 Å². The summed E-state index contributed by atoms with van der Waals surface area (Å²) in [6.45, 7) is 7.35. The van der Waals surface area contributed by atoms with Crippen molar-refractivity contribution < 1.29 is 9.47 Å². The van der Waals surface area contributed by atoms with Crippen LogP contribution in [0.5, 0.6) is 0 Å². The van der Waals surface area contributed by atoms with Gasteiger partial charge in [-0.3, -0.25) is 4.99 Å². The van der Waals surface area contributed by atoms with E-state index >= 15 is 0 Å². The molecule has 0 aromatic heterocycles. The van der Waals surface area contributed by atoms with Crippen LogP contribution in [0.2, 0.25) is 0 Å². The Morgan fingerprint density at radius 2 is 2.04 bits per heavy atom. The standard InChI is InChI=1S/C20H34N4O2/c1-17(18-8-6-9-19(16-18)24-11-4-5-12-24)23-20(21-2)22-10-7-13-26-15-14-25-3/h6,8-9,16-17H,4-5,7,10-15H2,1-3H3,(H2,21,22,23). The van der Waals surface area contributed by atoms with Crippen LogP contribution in [-0.2, 0) is 9.47 Å². The number of guanidine groups is 1. The molecule has 1 fully saturated rings. The molecule has 1 saturated heterocycles. The Morgan fingerprint density at radius 3 is 2.77 bits per heavy atom. The molecule has 1 atom stereocenters. The van der Waals surface area contributed by atoms with E-state index in [9.17, 15) is 0 Å². The molecule has 0 aliphatic carbocycles. The lowest BCUT2D eigenvalue weighted by Gasteiger charge is -2.22. The van der Waals surface area contributed by atoms with Gasteiger partial charge in [-0.15, -0.1) is 0 Å². The van der Waals surface area contributed by atoms with E-state index in [2.05, 4.69) is 51.7 Å². The molecule has 2 N–H and O–H groups in total. The molecular weight excluding hydrogens is 328 g/mol. The topological polar surface area (TPSA) is 58.1 Å². The number of nitrogens with zero attached hydrogens (tertiary/aromatic N) is 2. The van der Waals surface area contributed by atoms with Crippen molar-refractivity contribution in [2.45, 2.75) is 32.2 Å². The minimum atomic E-state index is 0.196.